The van der Waals surface area contributed by atoms with E-state index in [2.05, 4.69) is 43.9 Å². The third-order valence-corrected chi connectivity index (χ3v) is 5.01. The number of morpholine rings is 1. The maximum atomic E-state index is 11.7. The minimum atomic E-state index is 0.272. The van der Waals surface area contributed by atoms with Gasteiger partial charge < -0.3 is 24.8 Å². The number of nitrogens with one attached hydrogen (secondary N) is 1. The van der Waals surface area contributed by atoms with Gasteiger partial charge in [-0.2, -0.15) is 15.0 Å². The molecule has 0 aromatic carbocycles. The third kappa shape index (κ3) is 5.18. The summed E-state index contributed by atoms with van der Waals surface area (Å²) in [5.41, 5.74) is 0. The third-order valence-electron chi connectivity index (χ3n) is 5.01. The van der Waals surface area contributed by atoms with Gasteiger partial charge in [0, 0.05) is 52.2 Å². The normalized spacial score (nSPS) is 17.5. The Morgan fingerprint density at radius 3 is 2.56 bits per heavy atom. The Bertz CT molecular complexity index is 618. The number of aromatic nitrogens is 3. The first-order valence-corrected chi connectivity index (χ1v) is 10.1. The van der Waals surface area contributed by atoms with E-state index in [1.54, 1.807) is 0 Å². The maximum absolute atomic E-state index is 11.7. The molecule has 9 heteroatoms. The molecule has 2 aliphatic heterocycles. The van der Waals surface area contributed by atoms with Crippen LogP contribution in [0.2, 0.25) is 0 Å². The lowest BCUT2D eigenvalue weighted by molar-refractivity contribution is -0.127. The molecule has 2 fully saturated rings. The van der Waals surface area contributed by atoms with Gasteiger partial charge in [-0.15, -0.1) is 0 Å². The summed E-state index contributed by atoms with van der Waals surface area (Å²) in [5.74, 6) is 2.27. The molecule has 1 amide bonds. The van der Waals surface area contributed by atoms with Crippen LogP contribution >= 0.6 is 0 Å². The van der Waals surface area contributed by atoms with Crippen LogP contribution in [0.15, 0.2) is 0 Å². The van der Waals surface area contributed by atoms with Crippen molar-refractivity contribution >= 4 is 23.8 Å². The van der Waals surface area contributed by atoms with Gasteiger partial charge in [-0.05, 0) is 26.7 Å². The number of amides is 1. The molecule has 1 aromatic heterocycles. The number of carbonyl (C=O) groups excluding carboxylic acids is 1. The molecule has 1 N–H and O–H groups in total. The molecule has 0 unspecified atom stereocenters. The van der Waals surface area contributed by atoms with Crippen molar-refractivity contribution in [1.29, 1.82) is 0 Å². The summed E-state index contributed by atoms with van der Waals surface area (Å²) in [6.45, 7) is 11.3. The summed E-state index contributed by atoms with van der Waals surface area (Å²) in [6.07, 6.45) is 2.55. The number of likely N-dealkylation sites (tertiary alicyclic amines) is 1. The fourth-order valence-electron chi connectivity index (χ4n) is 3.40. The van der Waals surface area contributed by atoms with Crippen molar-refractivity contribution in [3.8, 4) is 0 Å². The molecule has 3 rings (SSSR count). The molecular formula is C18H31N7O2. The second kappa shape index (κ2) is 9.68. The van der Waals surface area contributed by atoms with Crippen molar-refractivity contribution in [3.63, 3.8) is 0 Å². The molecule has 0 bridgehead atoms. The lowest BCUT2D eigenvalue weighted by atomic mass is 10.4. The Kier molecular flexibility index (Phi) is 7.03. The monoisotopic (exact) mass is 377 g/mol. The largest absolute Gasteiger partial charge is 0.378 e. The van der Waals surface area contributed by atoms with E-state index >= 15 is 0 Å². The van der Waals surface area contributed by atoms with E-state index in [0.717, 1.165) is 58.7 Å². The average molecular weight is 377 g/mol. The molecule has 0 spiro atoms. The van der Waals surface area contributed by atoms with Gasteiger partial charge in [-0.3, -0.25) is 4.79 Å². The SMILES string of the molecule is CCN(CC)c1nc(NCCCN2CCCC2=O)nc(N2CCOCC2)n1. The predicted octanol–water partition coefficient (Wildman–Crippen LogP) is 0.979. The van der Waals surface area contributed by atoms with Crippen molar-refractivity contribution in [2.45, 2.75) is 33.1 Å². The Hall–Kier alpha value is -2.16. The molecule has 0 saturated carbocycles. The Morgan fingerprint density at radius 1 is 1.11 bits per heavy atom. The molecule has 1 aromatic rings. The summed E-state index contributed by atoms with van der Waals surface area (Å²) in [7, 11) is 0. The smallest absolute Gasteiger partial charge is 0.232 e. The van der Waals surface area contributed by atoms with E-state index in [-0.39, 0.29) is 5.91 Å². The van der Waals surface area contributed by atoms with Crippen molar-refractivity contribution < 1.29 is 9.53 Å². The summed E-state index contributed by atoms with van der Waals surface area (Å²) in [4.78, 5) is 31.8. The number of rotatable bonds is 9. The lowest BCUT2D eigenvalue weighted by Gasteiger charge is -2.28. The van der Waals surface area contributed by atoms with Crippen LogP contribution in [-0.4, -0.2) is 84.8 Å². The molecule has 9 nitrogen and oxygen atoms in total. The second-order valence-electron chi connectivity index (χ2n) is 6.80. The van der Waals surface area contributed by atoms with Gasteiger partial charge >= 0.3 is 0 Å². The van der Waals surface area contributed by atoms with Crippen LogP contribution < -0.4 is 15.1 Å². The second-order valence-corrected chi connectivity index (χ2v) is 6.80. The first-order chi connectivity index (χ1) is 13.2. The van der Waals surface area contributed by atoms with E-state index in [4.69, 9.17) is 4.74 Å². The van der Waals surface area contributed by atoms with Crippen LogP contribution in [0.1, 0.15) is 33.1 Å². The fourth-order valence-corrected chi connectivity index (χ4v) is 3.40. The first-order valence-electron chi connectivity index (χ1n) is 10.1. The molecular weight excluding hydrogens is 346 g/mol. The van der Waals surface area contributed by atoms with Crippen molar-refractivity contribution in [1.82, 2.24) is 19.9 Å². The fraction of sp³-hybridized carbons (Fsp3) is 0.778. The summed E-state index contributed by atoms with van der Waals surface area (Å²) < 4.78 is 5.44. The summed E-state index contributed by atoms with van der Waals surface area (Å²) >= 11 is 0. The molecule has 0 atom stereocenters. The van der Waals surface area contributed by atoms with Crippen molar-refractivity contribution in [2.24, 2.45) is 0 Å². The van der Waals surface area contributed by atoms with Gasteiger partial charge in [0.05, 0.1) is 13.2 Å². The highest BCUT2D eigenvalue weighted by molar-refractivity contribution is 5.78. The molecule has 0 aliphatic carbocycles. The lowest BCUT2D eigenvalue weighted by Crippen LogP contribution is -2.38. The molecule has 3 heterocycles. The van der Waals surface area contributed by atoms with Crippen LogP contribution in [0.25, 0.3) is 0 Å². The highest BCUT2D eigenvalue weighted by Crippen LogP contribution is 2.18. The number of nitrogens with zero attached hydrogens (tertiary/aromatic N) is 6. The zero-order valence-corrected chi connectivity index (χ0v) is 16.5. The van der Waals surface area contributed by atoms with E-state index in [1.807, 2.05) is 4.90 Å². The number of carbonyl (C=O) groups is 1. The zero-order valence-electron chi connectivity index (χ0n) is 16.5. The number of ether oxygens (including phenoxy) is 1. The average Bonchev–Trinajstić information content (AvgIpc) is 3.11. The quantitative estimate of drug-likeness (QED) is 0.638. The molecule has 0 radical (unpaired) electrons. The molecule has 2 aliphatic rings. The van der Waals surface area contributed by atoms with E-state index in [1.165, 1.54) is 0 Å². The van der Waals surface area contributed by atoms with Gasteiger partial charge in [0.15, 0.2) is 0 Å². The Balaban J connectivity index is 1.64. The van der Waals surface area contributed by atoms with Crippen LogP contribution in [0, 0.1) is 0 Å². The minimum absolute atomic E-state index is 0.272. The van der Waals surface area contributed by atoms with Crippen LogP contribution in [0.5, 0.6) is 0 Å². The van der Waals surface area contributed by atoms with Gasteiger partial charge in [-0.1, -0.05) is 0 Å². The zero-order chi connectivity index (χ0) is 19.1. The van der Waals surface area contributed by atoms with Gasteiger partial charge in [0.2, 0.25) is 23.8 Å². The first kappa shape index (κ1) is 19.6. The van der Waals surface area contributed by atoms with Crippen LogP contribution in [0.4, 0.5) is 17.8 Å². The molecule has 2 saturated heterocycles. The van der Waals surface area contributed by atoms with E-state index in [9.17, 15) is 4.79 Å². The van der Waals surface area contributed by atoms with Crippen molar-refractivity contribution in [3.05, 3.63) is 0 Å². The topological polar surface area (TPSA) is 86.7 Å². The number of anilines is 3. The Labute approximate surface area is 161 Å². The summed E-state index contributed by atoms with van der Waals surface area (Å²) in [6, 6.07) is 0. The molecule has 27 heavy (non-hydrogen) atoms. The van der Waals surface area contributed by atoms with Gasteiger partial charge in [-0.25, -0.2) is 0 Å². The summed E-state index contributed by atoms with van der Waals surface area (Å²) in [5, 5.41) is 3.32. The van der Waals surface area contributed by atoms with Crippen LogP contribution in [0.3, 0.4) is 0 Å². The predicted molar refractivity (Wildman–Crippen MR) is 105 cm³/mol. The number of hydrogen-bond acceptors (Lipinski definition) is 8. The minimum Gasteiger partial charge on any atom is -0.378 e. The van der Waals surface area contributed by atoms with Crippen molar-refractivity contribution in [2.75, 3.05) is 74.1 Å². The molecule has 150 valence electrons. The van der Waals surface area contributed by atoms with E-state index < -0.39 is 0 Å². The van der Waals surface area contributed by atoms with E-state index in [0.29, 0.717) is 37.5 Å². The maximum Gasteiger partial charge on any atom is 0.232 e. The highest BCUT2D eigenvalue weighted by Gasteiger charge is 2.20. The number of hydrogen-bond donors (Lipinski definition) is 1. The standard InChI is InChI=1S/C18H31N7O2/c1-3-23(4-2)17-20-16(19-8-6-10-24-9-5-7-15(24)26)21-18(22-17)25-11-13-27-14-12-25/h3-14H2,1-2H3,(H,19,20,21,22). The van der Waals surface area contributed by atoms with Gasteiger partial charge in [0.1, 0.15) is 0 Å². The Morgan fingerprint density at radius 2 is 1.89 bits per heavy atom. The highest BCUT2D eigenvalue weighted by atomic mass is 16.5. The van der Waals surface area contributed by atoms with Gasteiger partial charge in [0.25, 0.3) is 0 Å². The van der Waals surface area contributed by atoms with Crippen LogP contribution in [-0.2, 0) is 9.53 Å².